The number of nitrogens with zero attached hydrogens (tertiary/aromatic N) is 2. The highest BCUT2D eigenvalue weighted by Crippen LogP contribution is 2.20. The number of hydrogen-bond donors (Lipinski definition) is 0. The number of ether oxygens (including phenoxy) is 1. The molecule has 0 fully saturated rings. The summed E-state index contributed by atoms with van der Waals surface area (Å²) in [5.41, 5.74) is 0.236. The Morgan fingerprint density at radius 2 is 2.16 bits per heavy atom. The van der Waals surface area contributed by atoms with Gasteiger partial charge in [-0.25, -0.2) is 8.78 Å². The van der Waals surface area contributed by atoms with E-state index >= 15 is 0 Å². The van der Waals surface area contributed by atoms with Crippen molar-refractivity contribution in [2.75, 3.05) is 7.11 Å². The van der Waals surface area contributed by atoms with E-state index in [4.69, 9.17) is 4.74 Å². The van der Waals surface area contributed by atoms with Crippen LogP contribution < -0.4 is 4.74 Å². The Labute approximate surface area is 108 Å². The average molecular weight is 266 g/mol. The smallest absolute Gasteiger partial charge is 0.189 e. The van der Waals surface area contributed by atoms with Gasteiger partial charge in [-0.3, -0.25) is 9.48 Å². The molecule has 4 nitrogen and oxygen atoms in total. The van der Waals surface area contributed by atoms with E-state index in [0.717, 1.165) is 6.07 Å². The van der Waals surface area contributed by atoms with Crippen LogP contribution in [0, 0.1) is 11.6 Å². The van der Waals surface area contributed by atoms with E-state index < -0.39 is 11.6 Å². The van der Waals surface area contributed by atoms with Crippen LogP contribution in [0.25, 0.3) is 0 Å². The molecule has 1 aromatic heterocycles. The van der Waals surface area contributed by atoms with Gasteiger partial charge in [0.25, 0.3) is 0 Å². The fraction of sp³-hybridized carbons (Fsp3) is 0.231. The van der Waals surface area contributed by atoms with Crippen molar-refractivity contribution >= 4 is 5.78 Å². The molecule has 0 unspecified atom stereocenters. The lowest BCUT2D eigenvalue weighted by molar-refractivity contribution is 0.0979. The molecular weight excluding hydrogens is 254 g/mol. The van der Waals surface area contributed by atoms with E-state index in [0.29, 0.717) is 5.75 Å². The van der Waals surface area contributed by atoms with Crippen LogP contribution in [0.3, 0.4) is 0 Å². The SMILES string of the molecule is COc1cnn(C)c1C(=O)Cc1cccc(F)c1F. The van der Waals surface area contributed by atoms with Gasteiger partial charge in [-0.1, -0.05) is 12.1 Å². The number of Topliss-reactive ketones (excluding diaryl/α,β-unsaturated/α-hetero) is 1. The molecule has 0 spiro atoms. The highest BCUT2D eigenvalue weighted by Gasteiger charge is 2.20. The lowest BCUT2D eigenvalue weighted by Gasteiger charge is -2.06. The van der Waals surface area contributed by atoms with E-state index in [1.165, 1.54) is 30.1 Å². The second kappa shape index (κ2) is 5.17. The Hall–Kier alpha value is -2.24. The van der Waals surface area contributed by atoms with Crippen molar-refractivity contribution in [3.63, 3.8) is 0 Å². The first-order valence-corrected chi connectivity index (χ1v) is 5.56. The van der Waals surface area contributed by atoms with Crippen LogP contribution in [0.1, 0.15) is 16.1 Å². The van der Waals surface area contributed by atoms with Gasteiger partial charge in [-0.15, -0.1) is 0 Å². The molecule has 0 aliphatic rings. The standard InChI is InChI=1S/C13H12F2N2O2/c1-17-13(11(19-2)7-16-17)10(18)6-8-4-3-5-9(14)12(8)15/h3-5,7H,6H2,1-2H3. The summed E-state index contributed by atoms with van der Waals surface area (Å²) in [5.74, 6) is -2.05. The molecule has 0 aliphatic carbocycles. The molecule has 6 heteroatoms. The molecule has 0 amide bonds. The number of carbonyl (C=O) groups excluding carboxylic acids is 1. The van der Waals surface area contributed by atoms with Gasteiger partial charge in [0.15, 0.2) is 23.2 Å². The Morgan fingerprint density at radius 3 is 2.84 bits per heavy atom. The number of carbonyl (C=O) groups is 1. The summed E-state index contributed by atoms with van der Waals surface area (Å²) in [6.45, 7) is 0. The van der Waals surface area contributed by atoms with Gasteiger partial charge in [0.2, 0.25) is 0 Å². The van der Waals surface area contributed by atoms with E-state index in [-0.39, 0.29) is 23.5 Å². The molecule has 0 saturated heterocycles. The molecule has 2 rings (SSSR count). The topological polar surface area (TPSA) is 44.1 Å². The van der Waals surface area contributed by atoms with Gasteiger partial charge in [0, 0.05) is 13.5 Å². The van der Waals surface area contributed by atoms with Crippen molar-refractivity contribution in [1.29, 1.82) is 0 Å². The third-order valence-electron chi connectivity index (χ3n) is 2.77. The molecule has 0 N–H and O–H groups in total. The average Bonchev–Trinajstić information content (AvgIpc) is 2.76. The summed E-state index contributed by atoms with van der Waals surface area (Å²) in [4.78, 5) is 12.1. The highest BCUT2D eigenvalue weighted by molar-refractivity contribution is 5.98. The van der Waals surface area contributed by atoms with Crippen molar-refractivity contribution in [3.05, 3.63) is 47.3 Å². The lowest BCUT2D eigenvalue weighted by atomic mass is 10.1. The number of aromatic nitrogens is 2. The second-order valence-corrected chi connectivity index (χ2v) is 4.00. The molecule has 100 valence electrons. The Balaban J connectivity index is 2.31. The van der Waals surface area contributed by atoms with Crippen LogP contribution >= 0.6 is 0 Å². The lowest BCUT2D eigenvalue weighted by Crippen LogP contribution is -2.12. The maximum Gasteiger partial charge on any atom is 0.189 e. The van der Waals surface area contributed by atoms with Crippen LogP contribution in [-0.4, -0.2) is 22.7 Å². The van der Waals surface area contributed by atoms with E-state index in [2.05, 4.69) is 5.10 Å². The number of hydrogen-bond acceptors (Lipinski definition) is 3. The Kier molecular flexibility index (Phi) is 3.59. The van der Waals surface area contributed by atoms with E-state index in [9.17, 15) is 13.6 Å². The molecule has 1 aromatic carbocycles. The van der Waals surface area contributed by atoms with Gasteiger partial charge in [0.05, 0.1) is 13.3 Å². The zero-order valence-electron chi connectivity index (χ0n) is 10.5. The van der Waals surface area contributed by atoms with Gasteiger partial charge >= 0.3 is 0 Å². The fourth-order valence-corrected chi connectivity index (χ4v) is 1.83. The summed E-state index contributed by atoms with van der Waals surface area (Å²) >= 11 is 0. The number of halogens is 2. The summed E-state index contributed by atoms with van der Waals surface area (Å²) < 4.78 is 32.9. The van der Waals surface area contributed by atoms with Crippen molar-refractivity contribution < 1.29 is 18.3 Å². The number of ketones is 1. The first-order valence-electron chi connectivity index (χ1n) is 5.56. The molecule has 2 aromatic rings. The summed E-state index contributed by atoms with van der Waals surface area (Å²) in [6.07, 6.45) is 1.15. The summed E-state index contributed by atoms with van der Waals surface area (Å²) in [6, 6.07) is 3.74. The molecule has 0 radical (unpaired) electrons. The van der Waals surface area contributed by atoms with Gasteiger partial charge in [0.1, 0.15) is 5.69 Å². The number of benzene rings is 1. The summed E-state index contributed by atoms with van der Waals surface area (Å²) in [5, 5.41) is 3.89. The monoisotopic (exact) mass is 266 g/mol. The van der Waals surface area contributed by atoms with Crippen LogP contribution in [0.5, 0.6) is 5.75 Å². The minimum atomic E-state index is -1.00. The predicted molar refractivity (Wildman–Crippen MR) is 64.2 cm³/mol. The molecule has 0 aliphatic heterocycles. The minimum absolute atomic E-state index is 0.00764. The van der Waals surface area contributed by atoms with E-state index in [1.807, 2.05) is 0 Å². The number of rotatable bonds is 4. The van der Waals surface area contributed by atoms with Crippen LogP contribution in [0.2, 0.25) is 0 Å². The minimum Gasteiger partial charge on any atom is -0.493 e. The predicted octanol–water partition coefficient (Wildman–Crippen LogP) is 2.13. The third kappa shape index (κ3) is 2.47. The zero-order chi connectivity index (χ0) is 14.0. The van der Waals surface area contributed by atoms with Crippen LogP contribution in [0.15, 0.2) is 24.4 Å². The van der Waals surface area contributed by atoms with Crippen LogP contribution in [-0.2, 0) is 13.5 Å². The molecule has 0 atom stereocenters. The maximum atomic E-state index is 13.5. The van der Waals surface area contributed by atoms with Crippen molar-refractivity contribution in [2.45, 2.75) is 6.42 Å². The number of methoxy groups -OCH3 is 1. The maximum absolute atomic E-state index is 13.5. The van der Waals surface area contributed by atoms with E-state index in [1.54, 1.807) is 7.05 Å². The number of aryl methyl sites for hydroxylation is 1. The van der Waals surface area contributed by atoms with Crippen molar-refractivity contribution in [1.82, 2.24) is 9.78 Å². The van der Waals surface area contributed by atoms with Crippen LogP contribution in [0.4, 0.5) is 8.78 Å². The van der Waals surface area contributed by atoms with Crippen molar-refractivity contribution in [3.8, 4) is 5.75 Å². The molecule has 1 heterocycles. The molecule has 0 bridgehead atoms. The normalized spacial score (nSPS) is 10.5. The van der Waals surface area contributed by atoms with Gasteiger partial charge < -0.3 is 4.74 Å². The highest BCUT2D eigenvalue weighted by atomic mass is 19.2. The zero-order valence-corrected chi connectivity index (χ0v) is 10.5. The molecule has 19 heavy (non-hydrogen) atoms. The van der Waals surface area contributed by atoms with Crippen molar-refractivity contribution in [2.24, 2.45) is 7.05 Å². The molecular formula is C13H12F2N2O2. The second-order valence-electron chi connectivity index (χ2n) is 4.00. The first kappa shape index (κ1) is 13.2. The quantitative estimate of drug-likeness (QED) is 0.796. The Bertz CT molecular complexity index is 623. The molecule has 0 saturated carbocycles. The largest absolute Gasteiger partial charge is 0.493 e. The van der Waals surface area contributed by atoms with Gasteiger partial charge in [-0.2, -0.15) is 5.10 Å². The summed E-state index contributed by atoms with van der Waals surface area (Å²) in [7, 11) is 2.99. The fourth-order valence-electron chi connectivity index (χ4n) is 1.83. The van der Waals surface area contributed by atoms with Gasteiger partial charge in [-0.05, 0) is 11.6 Å². The Morgan fingerprint density at radius 1 is 1.42 bits per heavy atom. The first-order chi connectivity index (χ1) is 9.04. The third-order valence-corrected chi connectivity index (χ3v) is 2.77.